The Bertz CT molecular complexity index is 668. The molecule has 2 aromatic rings. The number of carbonyl (C=O) groups excluding carboxylic acids is 1. The van der Waals surface area contributed by atoms with Crippen molar-refractivity contribution in [3.05, 3.63) is 53.3 Å². The van der Waals surface area contributed by atoms with Crippen molar-refractivity contribution < 1.29 is 4.79 Å². The van der Waals surface area contributed by atoms with Crippen molar-refractivity contribution in [2.75, 3.05) is 6.26 Å². The van der Waals surface area contributed by atoms with E-state index in [9.17, 15) is 4.79 Å². The van der Waals surface area contributed by atoms with Crippen molar-refractivity contribution in [3.8, 4) is 0 Å². The molecule has 0 aliphatic heterocycles. The minimum absolute atomic E-state index is 0.0141. The SMILES string of the molecule is CS[C@@H](C)C(=O)N[C@@H]1CCCc2c1cnn2Cc1ccccc1. The first kappa shape index (κ1) is 16.1. The van der Waals surface area contributed by atoms with Crippen molar-refractivity contribution in [1.82, 2.24) is 15.1 Å². The standard InChI is InChI=1S/C18H23N3OS/c1-13(23-2)18(22)20-16-9-6-10-17-15(16)11-19-21(17)12-14-7-4-3-5-8-14/h3-5,7-8,11,13,16H,6,9-10,12H2,1-2H3,(H,20,22)/t13-,16+/m0/s1. The summed E-state index contributed by atoms with van der Waals surface area (Å²) in [7, 11) is 0. The number of thioether (sulfide) groups is 1. The van der Waals surface area contributed by atoms with Gasteiger partial charge in [0, 0.05) is 11.3 Å². The van der Waals surface area contributed by atoms with Crippen LogP contribution in [0.3, 0.4) is 0 Å². The Kier molecular flexibility index (Phi) is 5.06. The van der Waals surface area contributed by atoms with E-state index in [-0.39, 0.29) is 17.2 Å². The molecule has 1 aliphatic carbocycles. The van der Waals surface area contributed by atoms with Gasteiger partial charge < -0.3 is 5.32 Å². The van der Waals surface area contributed by atoms with Crippen LogP contribution in [0.15, 0.2) is 36.5 Å². The second-order valence-corrected chi connectivity index (χ2v) is 7.20. The van der Waals surface area contributed by atoms with E-state index < -0.39 is 0 Å². The van der Waals surface area contributed by atoms with Gasteiger partial charge in [0.15, 0.2) is 0 Å². The topological polar surface area (TPSA) is 46.9 Å². The number of fused-ring (bicyclic) bond motifs is 1. The molecule has 0 radical (unpaired) electrons. The number of hydrogen-bond donors (Lipinski definition) is 1. The summed E-state index contributed by atoms with van der Waals surface area (Å²) in [5, 5.41) is 7.75. The molecule has 23 heavy (non-hydrogen) atoms. The molecule has 1 heterocycles. The van der Waals surface area contributed by atoms with E-state index in [1.54, 1.807) is 11.8 Å². The van der Waals surface area contributed by atoms with E-state index in [1.807, 2.05) is 25.4 Å². The molecule has 1 N–H and O–H groups in total. The van der Waals surface area contributed by atoms with Gasteiger partial charge in [-0.15, -0.1) is 0 Å². The van der Waals surface area contributed by atoms with Gasteiger partial charge >= 0.3 is 0 Å². The van der Waals surface area contributed by atoms with Crippen LogP contribution in [0.2, 0.25) is 0 Å². The number of hydrogen-bond acceptors (Lipinski definition) is 3. The molecule has 1 aliphatic rings. The average Bonchev–Trinajstić information content (AvgIpc) is 2.99. The fourth-order valence-corrected chi connectivity index (χ4v) is 3.34. The van der Waals surface area contributed by atoms with Crippen LogP contribution in [0.1, 0.15) is 42.6 Å². The molecule has 4 nitrogen and oxygen atoms in total. The summed E-state index contributed by atoms with van der Waals surface area (Å²) < 4.78 is 2.08. The van der Waals surface area contributed by atoms with Gasteiger partial charge in [-0.2, -0.15) is 16.9 Å². The number of nitrogens with one attached hydrogen (secondary N) is 1. The molecule has 1 aromatic heterocycles. The first-order chi connectivity index (χ1) is 11.2. The lowest BCUT2D eigenvalue weighted by Gasteiger charge is -2.25. The number of benzene rings is 1. The molecule has 0 saturated heterocycles. The molecule has 0 spiro atoms. The maximum absolute atomic E-state index is 12.2. The number of aromatic nitrogens is 2. The van der Waals surface area contributed by atoms with Crippen LogP contribution >= 0.6 is 11.8 Å². The van der Waals surface area contributed by atoms with Crippen molar-refractivity contribution >= 4 is 17.7 Å². The number of rotatable bonds is 5. The van der Waals surface area contributed by atoms with E-state index in [4.69, 9.17) is 0 Å². The smallest absolute Gasteiger partial charge is 0.233 e. The summed E-state index contributed by atoms with van der Waals surface area (Å²) in [6, 6.07) is 10.5. The van der Waals surface area contributed by atoms with Crippen LogP contribution in [-0.2, 0) is 17.8 Å². The van der Waals surface area contributed by atoms with Gasteiger partial charge in [-0.05, 0) is 38.0 Å². The zero-order chi connectivity index (χ0) is 16.2. The van der Waals surface area contributed by atoms with Crippen molar-refractivity contribution in [2.24, 2.45) is 0 Å². The third-order valence-corrected chi connectivity index (χ3v) is 5.40. The molecule has 5 heteroatoms. The van der Waals surface area contributed by atoms with Crippen LogP contribution in [0, 0.1) is 0 Å². The highest BCUT2D eigenvalue weighted by molar-refractivity contribution is 7.99. The number of nitrogens with zero attached hydrogens (tertiary/aromatic N) is 2. The highest BCUT2D eigenvalue weighted by Gasteiger charge is 2.26. The van der Waals surface area contributed by atoms with Crippen LogP contribution in [0.4, 0.5) is 0 Å². The lowest BCUT2D eigenvalue weighted by atomic mass is 9.93. The largest absolute Gasteiger partial charge is 0.348 e. The second-order valence-electron chi connectivity index (χ2n) is 6.02. The molecule has 0 bridgehead atoms. The first-order valence-corrected chi connectivity index (χ1v) is 9.39. The van der Waals surface area contributed by atoms with Crippen LogP contribution in [0.5, 0.6) is 0 Å². The van der Waals surface area contributed by atoms with Gasteiger partial charge in [0.1, 0.15) is 0 Å². The Balaban J connectivity index is 1.77. The summed E-state index contributed by atoms with van der Waals surface area (Å²) in [6.07, 6.45) is 7.02. The van der Waals surface area contributed by atoms with Gasteiger partial charge in [0.05, 0.1) is 24.0 Å². The molecule has 3 rings (SSSR count). The molecular formula is C18H23N3OS. The number of amides is 1. The maximum Gasteiger partial charge on any atom is 0.233 e. The fourth-order valence-electron chi connectivity index (χ4n) is 3.06. The van der Waals surface area contributed by atoms with Crippen molar-refractivity contribution in [2.45, 2.75) is 44.0 Å². The van der Waals surface area contributed by atoms with Gasteiger partial charge in [0.25, 0.3) is 0 Å². The Morgan fingerprint density at radius 2 is 2.22 bits per heavy atom. The summed E-state index contributed by atoms with van der Waals surface area (Å²) in [6.45, 7) is 2.74. The zero-order valence-corrected chi connectivity index (χ0v) is 14.5. The monoisotopic (exact) mass is 329 g/mol. The molecule has 0 fully saturated rings. The van der Waals surface area contributed by atoms with Gasteiger partial charge in [-0.25, -0.2) is 0 Å². The van der Waals surface area contributed by atoms with Gasteiger partial charge in [0.2, 0.25) is 5.91 Å². The number of carbonyl (C=O) groups is 1. The highest BCUT2D eigenvalue weighted by atomic mass is 32.2. The minimum atomic E-state index is -0.0141. The van der Waals surface area contributed by atoms with Crippen LogP contribution < -0.4 is 5.32 Å². The summed E-state index contributed by atoms with van der Waals surface area (Å²) in [5.74, 6) is 0.117. The lowest BCUT2D eigenvalue weighted by Crippen LogP contribution is -2.35. The lowest BCUT2D eigenvalue weighted by molar-refractivity contribution is -0.121. The normalized spacial score (nSPS) is 18.3. The van der Waals surface area contributed by atoms with E-state index >= 15 is 0 Å². The highest BCUT2D eigenvalue weighted by Crippen LogP contribution is 2.30. The van der Waals surface area contributed by atoms with Crippen molar-refractivity contribution in [3.63, 3.8) is 0 Å². The second kappa shape index (κ2) is 7.21. The summed E-state index contributed by atoms with van der Waals surface area (Å²) in [4.78, 5) is 12.2. The van der Waals surface area contributed by atoms with Crippen molar-refractivity contribution in [1.29, 1.82) is 0 Å². The Morgan fingerprint density at radius 1 is 1.43 bits per heavy atom. The Labute approximate surface area is 141 Å². The molecule has 2 atom stereocenters. The minimum Gasteiger partial charge on any atom is -0.348 e. The fraction of sp³-hybridized carbons (Fsp3) is 0.444. The van der Waals surface area contributed by atoms with E-state index in [0.717, 1.165) is 25.8 Å². The third-order valence-electron chi connectivity index (χ3n) is 4.48. The van der Waals surface area contributed by atoms with Crippen LogP contribution in [-0.4, -0.2) is 27.2 Å². The summed E-state index contributed by atoms with van der Waals surface area (Å²) in [5.41, 5.74) is 3.71. The summed E-state index contributed by atoms with van der Waals surface area (Å²) >= 11 is 1.58. The Morgan fingerprint density at radius 3 is 2.96 bits per heavy atom. The van der Waals surface area contributed by atoms with Gasteiger partial charge in [-0.1, -0.05) is 30.3 Å². The predicted octanol–water partition coefficient (Wildman–Crippen LogP) is 3.18. The molecule has 0 unspecified atom stereocenters. The van der Waals surface area contributed by atoms with E-state index in [2.05, 4.69) is 39.4 Å². The molecule has 1 aromatic carbocycles. The molecule has 122 valence electrons. The van der Waals surface area contributed by atoms with Crippen LogP contribution in [0.25, 0.3) is 0 Å². The van der Waals surface area contributed by atoms with E-state index in [1.165, 1.54) is 16.8 Å². The average molecular weight is 329 g/mol. The van der Waals surface area contributed by atoms with E-state index in [0.29, 0.717) is 0 Å². The first-order valence-electron chi connectivity index (χ1n) is 8.10. The molecule has 1 amide bonds. The predicted molar refractivity (Wildman–Crippen MR) is 94.6 cm³/mol. The molecule has 0 saturated carbocycles. The third kappa shape index (κ3) is 3.61. The maximum atomic E-state index is 12.2. The van der Waals surface area contributed by atoms with Gasteiger partial charge in [-0.3, -0.25) is 9.48 Å². The quantitative estimate of drug-likeness (QED) is 0.916. The molecular weight excluding hydrogens is 306 g/mol. The Hall–Kier alpha value is -1.75. The zero-order valence-electron chi connectivity index (χ0n) is 13.7.